The van der Waals surface area contributed by atoms with Crippen LogP contribution < -0.4 is 0 Å². The molecular weight excluding hydrogens is 320 g/mol. The van der Waals surface area contributed by atoms with Gasteiger partial charge < -0.3 is 4.74 Å². The van der Waals surface area contributed by atoms with E-state index in [-0.39, 0.29) is 10.8 Å². The average molecular weight is 351 g/mol. The normalized spacial score (nSPS) is 18.3. The lowest BCUT2D eigenvalue weighted by Crippen LogP contribution is -2.23. The maximum Gasteiger partial charge on any atom is 0.293 e. The van der Waals surface area contributed by atoms with Crippen molar-refractivity contribution in [1.29, 1.82) is 0 Å². The first-order valence-corrected chi connectivity index (χ1v) is 9.19. The van der Waals surface area contributed by atoms with Gasteiger partial charge in [-0.3, -0.25) is 4.79 Å². The van der Waals surface area contributed by atoms with Crippen LogP contribution in [0.1, 0.15) is 39.7 Å². The van der Waals surface area contributed by atoms with E-state index >= 15 is 0 Å². The molecule has 0 fully saturated rings. The van der Waals surface area contributed by atoms with Crippen LogP contribution in [0.2, 0.25) is 0 Å². The summed E-state index contributed by atoms with van der Waals surface area (Å²) >= 11 is 0. The van der Waals surface area contributed by atoms with Crippen LogP contribution >= 0.6 is 0 Å². The van der Waals surface area contributed by atoms with Gasteiger partial charge >= 0.3 is 0 Å². The van der Waals surface area contributed by atoms with Gasteiger partial charge in [0.15, 0.2) is 0 Å². The molecular formula is C24H30O2. The number of hydrogen-bond acceptors (Lipinski definition) is 2. The van der Waals surface area contributed by atoms with Crippen molar-refractivity contribution < 1.29 is 9.53 Å². The molecule has 26 heavy (non-hydrogen) atoms. The van der Waals surface area contributed by atoms with E-state index in [1.54, 1.807) is 0 Å². The van der Waals surface area contributed by atoms with E-state index in [4.69, 9.17) is 4.74 Å². The highest BCUT2D eigenvalue weighted by Crippen LogP contribution is 2.36. The zero-order valence-electron chi connectivity index (χ0n) is 16.3. The van der Waals surface area contributed by atoms with E-state index in [2.05, 4.69) is 94.5 Å². The molecule has 0 bridgehead atoms. The Labute approximate surface area is 158 Å². The van der Waals surface area contributed by atoms with E-state index in [0.29, 0.717) is 19.0 Å². The highest BCUT2D eigenvalue weighted by molar-refractivity contribution is 5.55. The van der Waals surface area contributed by atoms with Gasteiger partial charge in [0, 0.05) is 5.41 Å². The fraction of sp³-hybridized carbons (Fsp3) is 0.375. The smallest absolute Gasteiger partial charge is 0.293 e. The number of benzene rings is 1. The Morgan fingerprint density at radius 1 is 1.08 bits per heavy atom. The topological polar surface area (TPSA) is 26.3 Å². The van der Waals surface area contributed by atoms with Gasteiger partial charge in [0.25, 0.3) is 6.47 Å². The van der Waals surface area contributed by atoms with Crippen LogP contribution in [-0.4, -0.2) is 13.1 Å². The molecule has 0 aromatic heterocycles. The molecule has 2 rings (SSSR count). The fourth-order valence-electron chi connectivity index (χ4n) is 2.93. The van der Waals surface area contributed by atoms with Crippen LogP contribution in [0.3, 0.4) is 0 Å². The van der Waals surface area contributed by atoms with Crippen LogP contribution in [0, 0.1) is 16.7 Å². The van der Waals surface area contributed by atoms with Crippen LogP contribution in [0.4, 0.5) is 0 Å². The highest BCUT2D eigenvalue weighted by atomic mass is 16.5. The number of carbonyl (C=O) groups is 1. The average Bonchev–Trinajstić information content (AvgIpc) is 2.65. The Hall–Kier alpha value is -2.35. The van der Waals surface area contributed by atoms with Crippen molar-refractivity contribution in [2.75, 3.05) is 6.61 Å². The first-order chi connectivity index (χ1) is 12.3. The van der Waals surface area contributed by atoms with E-state index < -0.39 is 0 Å². The Kier molecular flexibility index (Phi) is 6.79. The summed E-state index contributed by atoms with van der Waals surface area (Å²) in [6.07, 6.45) is 16.6. The monoisotopic (exact) mass is 350 g/mol. The molecule has 1 unspecified atom stereocenters. The Balaban J connectivity index is 1.97. The number of carbonyl (C=O) groups excluding carboxylic acids is 1. The molecule has 0 N–H and O–H groups in total. The molecule has 0 spiro atoms. The lowest BCUT2D eigenvalue weighted by molar-refractivity contribution is -0.130. The van der Waals surface area contributed by atoms with Crippen molar-refractivity contribution in [2.45, 2.75) is 34.1 Å². The molecule has 1 aromatic carbocycles. The van der Waals surface area contributed by atoms with Crippen molar-refractivity contribution in [3.05, 3.63) is 77.9 Å². The van der Waals surface area contributed by atoms with Gasteiger partial charge in [-0.2, -0.15) is 0 Å². The van der Waals surface area contributed by atoms with E-state index in [1.807, 2.05) is 6.07 Å². The third-order valence-electron chi connectivity index (χ3n) is 4.84. The molecule has 0 saturated heterocycles. The third-order valence-corrected chi connectivity index (χ3v) is 4.84. The van der Waals surface area contributed by atoms with Crippen LogP contribution in [0.25, 0.3) is 6.08 Å². The van der Waals surface area contributed by atoms with Crippen molar-refractivity contribution in [3.8, 4) is 0 Å². The van der Waals surface area contributed by atoms with Gasteiger partial charge in [0.1, 0.15) is 0 Å². The first kappa shape index (κ1) is 20.0. The highest BCUT2D eigenvalue weighted by Gasteiger charge is 2.26. The molecule has 0 saturated carbocycles. The molecule has 0 amide bonds. The molecule has 0 aliphatic heterocycles. The molecule has 0 radical (unpaired) electrons. The van der Waals surface area contributed by atoms with E-state index in [1.165, 1.54) is 11.1 Å². The van der Waals surface area contributed by atoms with Gasteiger partial charge in [-0.05, 0) is 28.9 Å². The van der Waals surface area contributed by atoms with Crippen LogP contribution in [-0.2, 0) is 9.53 Å². The summed E-state index contributed by atoms with van der Waals surface area (Å²) in [5, 5.41) is 0. The van der Waals surface area contributed by atoms with Crippen molar-refractivity contribution in [1.82, 2.24) is 0 Å². The summed E-state index contributed by atoms with van der Waals surface area (Å²) in [6, 6.07) is 10.4. The number of ether oxygens (including phenoxy) is 1. The third kappa shape index (κ3) is 6.18. The van der Waals surface area contributed by atoms with Crippen molar-refractivity contribution in [3.63, 3.8) is 0 Å². The second-order valence-electron chi connectivity index (χ2n) is 8.20. The van der Waals surface area contributed by atoms with Crippen LogP contribution in [0.5, 0.6) is 0 Å². The number of allylic oxidation sites excluding steroid dienone is 6. The molecule has 1 aliphatic rings. The summed E-state index contributed by atoms with van der Waals surface area (Å²) in [7, 11) is 0. The van der Waals surface area contributed by atoms with Crippen molar-refractivity contribution >= 4 is 12.5 Å². The molecule has 1 atom stereocenters. The zero-order chi connectivity index (χ0) is 19.0. The molecule has 1 aliphatic carbocycles. The molecule has 1 aromatic rings. The molecule has 2 heteroatoms. The van der Waals surface area contributed by atoms with Crippen LogP contribution in [0.15, 0.2) is 72.4 Å². The van der Waals surface area contributed by atoms with E-state index in [9.17, 15) is 4.79 Å². The largest absolute Gasteiger partial charge is 0.467 e. The number of hydrogen-bond donors (Lipinski definition) is 0. The lowest BCUT2D eigenvalue weighted by Gasteiger charge is -2.32. The maximum absolute atomic E-state index is 10.4. The quantitative estimate of drug-likeness (QED) is 0.425. The van der Waals surface area contributed by atoms with Gasteiger partial charge in [-0.15, -0.1) is 0 Å². The minimum absolute atomic E-state index is 0.0418. The molecule has 2 nitrogen and oxygen atoms in total. The predicted octanol–water partition coefficient (Wildman–Crippen LogP) is 5.98. The molecule has 138 valence electrons. The SMILES string of the molecule is CC(C)(/C=C/C(C)(C)C1C=CC(/C=C/c2ccccc2)=CC1)COC=O. The minimum Gasteiger partial charge on any atom is -0.467 e. The summed E-state index contributed by atoms with van der Waals surface area (Å²) in [6.45, 7) is 9.58. The zero-order valence-corrected chi connectivity index (χ0v) is 16.3. The number of rotatable bonds is 8. The maximum atomic E-state index is 10.4. The van der Waals surface area contributed by atoms with Gasteiger partial charge in [-0.1, -0.05) is 101 Å². The van der Waals surface area contributed by atoms with Gasteiger partial charge in [-0.25, -0.2) is 0 Å². The summed E-state index contributed by atoms with van der Waals surface area (Å²) in [5.41, 5.74) is 2.35. The molecule has 0 heterocycles. The van der Waals surface area contributed by atoms with Gasteiger partial charge in [0.05, 0.1) is 6.61 Å². The second kappa shape index (κ2) is 8.84. The Bertz CT molecular complexity index is 703. The lowest BCUT2D eigenvalue weighted by atomic mass is 9.73. The summed E-state index contributed by atoms with van der Waals surface area (Å²) < 4.78 is 4.92. The fourth-order valence-corrected chi connectivity index (χ4v) is 2.93. The second-order valence-corrected chi connectivity index (χ2v) is 8.20. The van der Waals surface area contributed by atoms with E-state index in [0.717, 1.165) is 6.42 Å². The summed E-state index contributed by atoms with van der Waals surface area (Å²) in [5.74, 6) is 0.454. The first-order valence-electron chi connectivity index (χ1n) is 9.19. The minimum atomic E-state index is -0.157. The Morgan fingerprint density at radius 2 is 1.81 bits per heavy atom. The standard InChI is InChI=1S/C24H30O2/c1-23(2,18-26-19-25)16-17-24(3,4)22-14-12-21(13-15-22)11-10-20-8-6-5-7-9-20/h5-14,16-17,19,22H,15,18H2,1-4H3/b11-10+,17-16+. The predicted molar refractivity (Wildman–Crippen MR) is 110 cm³/mol. The van der Waals surface area contributed by atoms with Crippen molar-refractivity contribution in [2.24, 2.45) is 16.7 Å². The summed E-state index contributed by atoms with van der Waals surface area (Å²) in [4.78, 5) is 10.4. The Morgan fingerprint density at radius 3 is 2.42 bits per heavy atom. The van der Waals surface area contributed by atoms with Gasteiger partial charge in [0.2, 0.25) is 0 Å².